The first-order chi connectivity index (χ1) is 25.4. The zero-order chi connectivity index (χ0) is 35.0. The maximum absolute atomic E-state index is 4.32. The molecule has 3 heteroatoms. The van der Waals surface area contributed by atoms with E-state index in [0.717, 1.165) is 39.7 Å². The van der Waals surface area contributed by atoms with Crippen LogP contribution in [-0.2, 0) is 5.41 Å². The molecule has 0 radical (unpaired) electrons. The Morgan fingerprint density at radius 3 is 1.83 bits per heavy atom. The highest BCUT2D eigenvalue weighted by atomic mass is 15.1. The van der Waals surface area contributed by atoms with Gasteiger partial charge in [0.05, 0.1) is 11.4 Å². The molecule has 7 aromatic carbocycles. The molecule has 1 aliphatic carbocycles. The second-order valence-corrected chi connectivity index (χ2v) is 14.5. The summed E-state index contributed by atoms with van der Waals surface area (Å²) in [6.45, 7) is 9.01. The maximum Gasteiger partial charge on any atom is 0.0704 e. The normalized spacial score (nSPS) is 13.5. The summed E-state index contributed by atoms with van der Waals surface area (Å²) in [6.07, 6.45) is 0. The van der Waals surface area contributed by atoms with Crippen molar-refractivity contribution < 1.29 is 0 Å². The van der Waals surface area contributed by atoms with Gasteiger partial charge in [0.2, 0.25) is 0 Å². The molecule has 3 nitrogen and oxygen atoms in total. The fourth-order valence-corrected chi connectivity index (χ4v) is 8.43. The average molecular weight is 668 g/mol. The van der Waals surface area contributed by atoms with E-state index in [1.165, 1.54) is 61.0 Å². The van der Waals surface area contributed by atoms with Gasteiger partial charge in [-0.25, -0.2) is 0 Å². The minimum absolute atomic E-state index is 0.0896. The number of hydrogen-bond donors (Lipinski definition) is 2. The second-order valence-electron chi connectivity index (χ2n) is 14.5. The van der Waals surface area contributed by atoms with Crippen LogP contribution in [0.1, 0.15) is 30.7 Å². The predicted molar refractivity (Wildman–Crippen MR) is 220 cm³/mol. The summed E-state index contributed by atoms with van der Waals surface area (Å²) in [4.78, 5) is 6.01. The van der Waals surface area contributed by atoms with Gasteiger partial charge in [-0.05, 0) is 99.1 Å². The van der Waals surface area contributed by atoms with Gasteiger partial charge in [-0.15, -0.1) is 0 Å². The number of H-pyrrole nitrogens is 1. The van der Waals surface area contributed by atoms with Gasteiger partial charge in [0.1, 0.15) is 0 Å². The van der Waals surface area contributed by atoms with Gasteiger partial charge < -0.3 is 15.2 Å². The first-order valence-corrected chi connectivity index (χ1v) is 18.0. The summed E-state index contributed by atoms with van der Waals surface area (Å²) in [7, 11) is 0. The molecular formula is C49H37N3. The van der Waals surface area contributed by atoms with E-state index in [0.29, 0.717) is 0 Å². The molecule has 8 aromatic rings. The highest BCUT2D eigenvalue weighted by Gasteiger charge is 2.35. The molecular weight excluding hydrogens is 631 g/mol. The Morgan fingerprint density at radius 1 is 0.500 bits per heavy atom. The van der Waals surface area contributed by atoms with Gasteiger partial charge in [-0.1, -0.05) is 130 Å². The van der Waals surface area contributed by atoms with Crippen molar-refractivity contribution in [2.75, 3.05) is 10.2 Å². The van der Waals surface area contributed by atoms with Gasteiger partial charge in [-0.3, -0.25) is 0 Å². The molecule has 0 unspecified atom stereocenters. The van der Waals surface area contributed by atoms with Crippen molar-refractivity contribution in [1.29, 1.82) is 0 Å². The Kier molecular flexibility index (Phi) is 6.68. The SMILES string of the molecule is C=C1Nc2ccccc2-c2c1[nH]c1ccc(-c3ccc(N(c4ccc(-c5ccccc5)cc4)c4ccc5c(c4)C(C)(C)c4ccccc4-5)cc3)cc21. The number of aromatic amines is 1. The monoisotopic (exact) mass is 667 g/mol. The lowest BCUT2D eigenvalue weighted by molar-refractivity contribution is 0.660. The number of fused-ring (bicyclic) bond motifs is 8. The molecule has 0 amide bonds. The molecule has 1 aromatic heterocycles. The van der Waals surface area contributed by atoms with Crippen LogP contribution in [0, 0.1) is 0 Å². The smallest absolute Gasteiger partial charge is 0.0704 e. The van der Waals surface area contributed by atoms with Crippen LogP contribution in [-0.4, -0.2) is 4.98 Å². The highest BCUT2D eigenvalue weighted by molar-refractivity contribution is 6.09. The quantitative estimate of drug-likeness (QED) is 0.191. The first-order valence-electron chi connectivity index (χ1n) is 18.0. The van der Waals surface area contributed by atoms with Crippen LogP contribution in [0.25, 0.3) is 61.1 Å². The molecule has 2 heterocycles. The van der Waals surface area contributed by atoms with E-state index >= 15 is 0 Å². The number of aromatic nitrogens is 1. The Bertz CT molecular complexity index is 2680. The lowest BCUT2D eigenvalue weighted by Crippen LogP contribution is -2.16. The van der Waals surface area contributed by atoms with Crippen molar-refractivity contribution in [2.24, 2.45) is 0 Å². The standard InChI is InChI=1S/C49H37N3/c1-31-48-47(41-14-8-10-16-45(41)50-31)42-29-35(21-28-46(42)51-48)34-19-24-37(25-20-34)52(36-22-17-33(18-23-36)32-11-5-4-6-12-32)38-26-27-40-39-13-7-9-15-43(39)49(2,3)44(40)30-38/h4-30,50-51H,1H2,2-3H3. The summed E-state index contributed by atoms with van der Waals surface area (Å²) >= 11 is 0. The molecule has 0 atom stereocenters. The number of hydrogen-bond acceptors (Lipinski definition) is 2. The number of rotatable bonds is 5. The van der Waals surface area contributed by atoms with Crippen LogP contribution in [0.15, 0.2) is 170 Å². The third-order valence-electron chi connectivity index (χ3n) is 11.1. The van der Waals surface area contributed by atoms with E-state index in [-0.39, 0.29) is 5.41 Å². The van der Waals surface area contributed by atoms with E-state index in [4.69, 9.17) is 0 Å². The van der Waals surface area contributed by atoms with E-state index in [2.05, 4.69) is 199 Å². The topological polar surface area (TPSA) is 31.1 Å². The van der Waals surface area contributed by atoms with Gasteiger partial charge in [0.15, 0.2) is 0 Å². The van der Waals surface area contributed by atoms with Crippen LogP contribution >= 0.6 is 0 Å². The minimum Gasteiger partial charge on any atom is -0.354 e. The summed E-state index contributed by atoms with van der Waals surface area (Å²) in [5.41, 5.74) is 20.0. The summed E-state index contributed by atoms with van der Waals surface area (Å²) < 4.78 is 0. The number of anilines is 4. The van der Waals surface area contributed by atoms with Crippen LogP contribution in [0.5, 0.6) is 0 Å². The van der Waals surface area contributed by atoms with Crippen LogP contribution in [0.3, 0.4) is 0 Å². The van der Waals surface area contributed by atoms with Gasteiger partial charge in [0, 0.05) is 50.2 Å². The van der Waals surface area contributed by atoms with Crippen molar-refractivity contribution in [3.8, 4) is 44.5 Å². The van der Waals surface area contributed by atoms with Crippen molar-refractivity contribution in [3.63, 3.8) is 0 Å². The number of nitrogens with one attached hydrogen (secondary N) is 2. The Morgan fingerprint density at radius 2 is 1.08 bits per heavy atom. The number of nitrogens with zero attached hydrogens (tertiary/aromatic N) is 1. The maximum atomic E-state index is 4.32. The molecule has 52 heavy (non-hydrogen) atoms. The zero-order valence-electron chi connectivity index (χ0n) is 29.2. The Hall–Kier alpha value is -6.58. The average Bonchev–Trinajstić information content (AvgIpc) is 3.69. The molecule has 2 N–H and O–H groups in total. The number of para-hydroxylation sites is 1. The largest absolute Gasteiger partial charge is 0.354 e. The third-order valence-corrected chi connectivity index (χ3v) is 11.1. The predicted octanol–water partition coefficient (Wildman–Crippen LogP) is 13.3. The Balaban J connectivity index is 1.07. The molecule has 0 bridgehead atoms. The van der Waals surface area contributed by atoms with Crippen LogP contribution in [0.2, 0.25) is 0 Å². The van der Waals surface area contributed by atoms with Crippen LogP contribution < -0.4 is 10.2 Å². The summed E-state index contributed by atoms with van der Waals surface area (Å²) in [5, 5.41) is 4.67. The number of benzene rings is 7. The molecule has 0 saturated carbocycles. The van der Waals surface area contributed by atoms with E-state index in [9.17, 15) is 0 Å². The molecule has 2 aliphatic rings. The van der Waals surface area contributed by atoms with Crippen molar-refractivity contribution in [3.05, 3.63) is 187 Å². The fraction of sp³-hybridized carbons (Fsp3) is 0.0612. The second kappa shape index (κ2) is 11.5. The van der Waals surface area contributed by atoms with Gasteiger partial charge >= 0.3 is 0 Å². The Labute approximate surface area is 304 Å². The lowest BCUT2D eigenvalue weighted by Gasteiger charge is -2.28. The van der Waals surface area contributed by atoms with Crippen molar-refractivity contribution in [1.82, 2.24) is 4.98 Å². The molecule has 0 fully saturated rings. The van der Waals surface area contributed by atoms with Crippen molar-refractivity contribution >= 4 is 39.3 Å². The van der Waals surface area contributed by atoms with E-state index < -0.39 is 0 Å². The minimum atomic E-state index is -0.0896. The van der Waals surface area contributed by atoms with Gasteiger partial charge in [0.25, 0.3) is 0 Å². The molecule has 248 valence electrons. The van der Waals surface area contributed by atoms with E-state index in [1.807, 2.05) is 0 Å². The highest BCUT2D eigenvalue weighted by Crippen LogP contribution is 2.51. The van der Waals surface area contributed by atoms with E-state index in [1.54, 1.807) is 0 Å². The first kappa shape index (κ1) is 30.3. The lowest BCUT2D eigenvalue weighted by atomic mass is 9.82. The third kappa shape index (κ3) is 4.66. The van der Waals surface area contributed by atoms with Crippen molar-refractivity contribution in [2.45, 2.75) is 19.3 Å². The fourth-order valence-electron chi connectivity index (χ4n) is 8.43. The molecule has 10 rings (SSSR count). The summed E-state index contributed by atoms with van der Waals surface area (Å²) in [6, 6.07) is 59.6. The molecule has 0 saturated heterocycles. The molecule has 1 aliphatic heterocycles. The van der Waals surface area contributed by atoms with Gasteiger partial charge in [-0.2, -0.15) is 0 Å². The molecule has 0 spiro atoms. The zero-order valence-corrected chi connectivity index (χ0v) is 29.2. The summed E-state index contributed by atoms with van der Waals surface area (Å²) in [5.74, 6) is 0. The van der Waals surface area contributed by atoms with Crippen LogP contribution in [0.4, 0.5) is 22.7 Å².